The van der Waals surface area contributed by atoms with E-state index in [1.54, 1.807) is 0 Å². The summed E-state index contributed by atoms with van der Waals surface area (Å²) in [6, 6.07) is 0. The summed E-state index contributed by atoms with van der Waals surface area (Å²) in [5.41, 5.74) is 0. The fraction of sp³-hybridized carbons (Fsp3) is 0.789. The van der Waals surface area contributed by atoms with Crippen LogP contribution in [0.1, 0.15) is 265 Å². The Bertz CT molecular complexity index is 1070. The molecular formula is C57H102O5. The van der Waals surface area contributed by atoms with Crippen LogP contribution < -0.4 is 0 Å². The Kier molecular flexibility index (Phi) is 50.9. The van der Waals surface area contributed by atoms with Crippen LogP contribution in [0.25, 0.3) is 0 Å². The van der Waals surface area contributed by atoms with Gasteiger partial charge in [-0.15, -0.1) is 0 Å². The van der Waals surface area contributed by atoms with Gasteiger partial charge in [0, 0.05) is 19.4 Å². The second kappa shape index (κ2) is 52.9. The number of unbranched alkanes of at least 4 members (excludes halogenated alkanes) is 28. The molecule has 0 N–H and O–H groups in total. The maximum Gasteiger partial charge on any atom is 0.306 e. The number of esters is 2. The lowest BCUT2D eigenvalue weighted by molar-refractivity contribution is -0.163. The van der Waals surface area contributed by atoms with E-state index in [0.29, 0.717) is 19.4 Å². The summed E-state index contributed by atoms with van der Waals surface area (Å²) >= 11 is 0. The Morgan fingerprint density at radius 1 is 0.371 bits per heavy atom. The predicted molar refractivity (Wildman–Crippen MR) is 270 cm³/mol. The smallest absolute Gasteiger partial charge is 0.306 e. The highest BCUT2D eigenvalue weighted by molar-refractivity contribution is 5.70. The summed E-state index contributed by atoms with van der Waals surface area (Å²) in [4.78, 5) is 25.4. The number of hydrogen-bond donors (Lipinski definition) is 0. The zero-order valence-electron chi connectivity index (χ0n) is 41.4. The van der Waals surface area contributed by atoms with E-state index >= 15 is 0 Å². The van der Waals surface area contributed by atoms with Crippen LogP contribution in [0.2, 0.25) is 0 Å². The second-order valence-electron chi connectivity index (χ2n) is 17.8. The van der Waals surface area contributed by atoms with Gasteiger partial charge in [0.25, 0.3) is 0 Å². The van der Waals surface area contributed by atoms with E-state index < -0.39 is 6.10 Å². The molecule has 1 atom stereocenters. The minimum Gasteiger partial charge on any atom is -0.462 e. The van der Waals surface area contributed by atoms with Crippen molar-refractivity contribution in [2.75, 3.05) is 19.8 Å². The summed E-state index contributed by atoms with van der Waals surface area (Å²) < 4.78 is 17.4. The molecule has 0 heterocycles. The molecule has 0 saturated carbocycles. The first-order valence-electron chi connectivity index (χ1n) is 26.8. The minimum atomic E-state index is -0.546. The Morgan fingerprint density at radius 2 is 0.726 bits per heavy atom. The van der Waals surface area contributed by atoms with E-state index in [9.17, 15) is 9.59 Å². The number of carbonyl (C=O) groups excluding carboxylic acids is 2. The highest BCUT2D eigenvalue weighted by Gasteiger charge is 2.17. The molecule has 360 valence electrons. The van der Waals surface area contributed by atoms with Gasteiger partial charge < -0.3 is 14.2 Å². The summed E-state index contributed by atoms with van der Waals surface area (Å²) in [5.74, 6) is -0.424. The van der Waals surface area contributed by atoms with Crippen LogP contribution in [0, 0.1) is 0 Å². The van der Waals surface area contributed by atoms with Crippen molar-refractivity contribution >= 4 is 11.9 Å². The first-order valence-corrected chi connectivity index (χ1v) is 26.8. The van der Waals surface area contributed by atoms with E-state index in [-0.39, 0.29) is 25.2 Å². The van der Waals surface area contributed by atoms with Crippen LogP contribution in [-0.2, 0) is 23.8 Å². The van der Waals surface area contributed by atoms with Crippen molar-refractivity contribution in [3.8, 4) is 0 Å². The maximum absolute atomic E-state index is 12.8. The third-order valence-corrected chi connectivity index (χ3v) is 11.6. The van der Waals surface area contributed by atoms with Gasteiger partial charge in [-0.1, -0.05) is 248 Å². The molecular weight excluding hydrogens is 765 g/mol. The van der Waals surface area contributed by atoms with Crippen molar-refractivity contribution in [2.45, 2.75) is 271 Å². The van der Waals surface area contributed by atoms with Crippen molar-refractivity contribution in [1.29, 1.82) is 0 Å². The van der Waals surface area contributed by atoms with E-state index in [1.807, 2.05) is 0 Å². The van der Waals surface area contributed by atoms with Crippen LogP contribution in [0.4, 0.5) is 0 Å². The van der Waals surface area contributed by atoms with Crippen molar-refractivity contribution in [2.24, 2.45) is 0 Å². The molecule has 0 aromatic carbocycles. The quantitative estimate of drug-likeness (QED) is 0.0346. The van der Waals surface area contributed by atoms with Crippen molar-refractivity contribution in [3.63, 3.8) is 0 Å². The van der Waals surface area contributed by atoms with E-state index in [0.717, 1.165) is 83.5 Å². The molecule has 0 aliphatic carbocycles. The van der Waals surface area contributed by atoms with Gasteiger partial charge in [-0.05, 0) is 64.2 Å². The molecule has 0 aliphatic heterocycles. The van der Waals surface area contributed by atoms with Gasteiger partial charge in [0.2, 0.25) is 0 Å². The second-order valence-corrected chi connectivity index (χ2v) is 17.8. The lowest BCUT2D eigenvalue weighted by atomic mass is 10.0. The molecule has 0 aromatic rings. The van der Waals surface area contributed by atoms with Crippen molar-refractivity contribution in [3.05, 3.63) is 60.8 Å². The Hall–Kier alpha value is -2.40. The number of carbonyl (C=O) groups is 2. The fourth-order valence-electron chi connectivity index (χ4n) is 7.60. The van der Waals surface area contributed by atoms with Gasteiger partial charge in [-0.2, -0.15) is 0 Å². The SMILES string of the molecule is CC/C=C\C/C=C\C/C=C\C/C=C\C/C=C\CCCCCC(=O)OC[C@@H](COCCCCCCCCCCCCCCCCCC)OC(=O)CCCCCCCCCCCCC. The predicted octanol–water partition coefficient (Wildman–Crippen LogP) is 18.1. The lowest BCUT2D eigenvalue weighted by Crippen LogP contribution is -2.30. The minimum absolute atomic E-state index is 0.0713. The zero-order valence-corrected chi connectivity index (χ0v) is 41.4. The highest BCUT2D eigenvalue weighted by Crippen LogP contribution is 2.15. The summed E-state index contributed by atoms with van der Waals surface area (Å²) in [6.07, 6.45) is 66.6. The summed E-state index contributed by atoms with van der Waals surface area (Å²) in [7, 11) is 0. The lowest BCUT2D eigenvalue weighted by Gasteiger charge is -2.18. The normalized spacial score (nSPS) is 12.6. The fourth-order valence-corrected chi connectivity index (χ4v) is 7.60. The monoisotopic (exact) mass is 867 g/mol. The van der Waals surface area contributed by atoms with Gasteiger partial charge in [0.1, 0.15) is 6.61 Å². The largest absolute Gasteiger partial charge is 0.462 e. The molecule has 0 fully saturated rings. The van der Waals surface area contributed by atoms with Crippen LogP contribution in [0.3, 0.4) is 0 Å². The number of hydrogen-bond acceptors (Lipinski definition) is 5. The summed E-state index contributed by atoms with van der Waals surface area (Å²) in [5, 5.41) is 0. The van der Waals surface area contributed by atoms with Crippen molar-refractivity contribution < 1.29 is 23.8 Å². The maximum atomic E-state index is 12.8. The molecule has 0 spiro atoms. The molecule has 0 radical (unpaired) electrons. The molecule has 0 saturated heterocycles. The molecule has 0 bridgehead atoms. The molecule has 5 heteroatoms. The third-order valence-electron chi connectivity index (χ3n) is 11.6. The first-order chi connectivity index (χ1) is 30.6. The number of ether oxygens (including phenoxy) is 3. The van der Waals surface area contributed by atoms with E-state index in [1.165, 1.54) is 148 Å². The van der Waals surface area contributed by atoms with E-state index in [2.05, 4.69) is 81.5 Å². The Balaban J connectivity index is 4.27. The molecule has 0 aliphatic rings. The average molecular weight is 867 g/mol. The topological polar surface area (TPSA) is 61.8 Å². The molecule has 62 heavy (non-hydrogen) atoms. The van der Waals surface area contributed by atoms with Crippen molar-refractivity contribution in [1.82, 2.24) is 0 Å². The van der Waals surface area contributed by atoms with Crippen LogP contribution >= 0.6 is 0 Å². The standard InChI is InChI=1S/C57H102O5/c1-4-7-10-13-16-19-22-24-26-28-29-30-31-33-36-38-41-44-47-50-56(58)61-54-55(62-57(59)51-48-45-42-39-35-21-18-15-12-9-6-3)53-60-52-49-46-43-40-37-34-32-27-25-23-20-17-14-11-8-5-2/h7,10,16,19,24,26,29-30,33,36,55H,4-6,8-9,11-15,17-18,20-23,25,27-28,31-32,34-35,37-54H2,1-3H3/b10-7-,19-16-,26-24-,30-29-,36-33-/t55-/m1/s1. The number of allylic oxidation sites excluding steroid dienone is 10. The first kappa shape index (κ1) is 59.6. The Morgan fingerprint density at radius 3 is 1.16 bits per heavy atom. The van der Waals surface area contributed by atoms with Gasteiger partial charge >= 0.3 is 11.9 Å². The molecule has 0 amide bonds. The Labute approximate surface area is 385 Å². The third kappa shape index (κ3) is 50.2. The van der Waals surface area contributed by atoms with Gasteiger partial charge in [0.05, 0.1) is 6.61 Å². The number of rotatable bonds is 49. The van der Waals surface area contributed by atoms with Crippen LogP contribution in [0.5, 0.6) is 0 Å². The highest BCUT2D eigenvalue weighted by atomic mass is 16.6. The summed E-state index contributed by atoms with van der Waals surface area (Å²) in [6.45, 7) is 7.71. The zero-order chi connectivity index (χ0) is 44.9. The van der Waals surface area contributed by atoms with Gasteiger partial charge in [-0.25, -0.2) is 0 Å². The average Bonchev–Trinajstić information content (AvgIpc) is 3.27. The molecule has 5 nitrogen and oxygen atoms in total. The van der Waals surface area contributed by atoms with Crippen LogP contribution in [-0.4, -0.2) is 37.9 Å². The van der Waals surface area contributed by atoms with Gasteiger partial charge in [-0.3, -0.25) is 9.59 Å². The van der Waals surface area contributed by atoms with Gasteiger partial charge in [0.15, 0.2) is 6.10 Å². The molecule has 0 rings (SSSR count). The van der Waals surface area contributed by atoms with Crippen LogP contribution in [0.15, 0.2) is 60.8 Å². The molecule has 0 aromatic heterocycles. The van der Waals surface area contributed by atoms with E-state index in [4.69, 9.17) is 14.2 Å². The molecule has 0 unspecified atom stereocenters.